The predicted octanol–water partition coefficient (Wildman–Crippen LogP) is 6.37. The molecule has 3 aromatic rings. The maximum atomic E-state index is 11.6. The molecule has 0 saturated heterocycles. The number of ether oxygens (including phenoxy) is 1. The Labute approximate surface area is 163 Å². The highest BCUT2D eigenvalue weighted by Crippen LogP contribution is 2.29. The van der Waals surface area contributed by atoms with E-state index < -0.39 is 5.97 Å². The molecule has 0 fully saturated rings. The van der Waals surface area contributed by atoms with Crippen LogP contribution in [0.4, 0.5) is 0 Å². The van der Waals surface area contributed by atoms with Gasteiger partial charge >= 0.3 is 5.97 Å². The number of carboxylic acids is 1. The molecule has 0 spiro atoms. The molecule has 3 rings (SSSR count). The van der Waals surface area contributed by atoms with Crippen LogP contribution in [-0.2, 0) is 4.79 Å². The molecule has 0 aliphatic carbocycles. The molecule has 3 aromatic carbocycles. The number of halogens is 1. The van der Waals surface area contributed by atoms with Crippen molar-refractivity contribution >= 4 is 29.2 Å². The van der Waals surface area contributed by atoms with Crippen LogP contribution in [0.25, 0.3) is 11.6 Å². The maximum Gasteiger partial charge on any atom is 0.336 e. The Morgan fingerprint density at radius 2 is 1.52 bits per heavy atom. The van der Waals surface area contributed by atoms with Gasteiger partial charge in [0.05, 0.1) is 5.57 Å². The molecule has 0 heterocycles. The Hall–Kier alpha value is -3.04. The van der Waals surface area contributed by atoms with Crippen LogP contribution in [0.1, 0.15) is 22.3 Å². The highest BCUT2D eigenvalue weighted by Gasteiger charge is 2.10. The highest BCUT2D eigenvalue weighted by atomic mass is 35.5. The molecular weight excluding hydrogens is 360 g/mol. The quantitative estimate of drug-likeness (QED) is 0.414. The Morgan fingerprint density at radius 1 is 0.926 bits per heavy atom. The fourth-order valence-electron chi connectivity index (χ4n) is 2.79. The van der Waals surface area contributed by atoms with Crippen LogP contribution >= 0.6 is 11.6 Å². The molecule has 0 aromatic heterocycles. The molecule has 3 nitrogen and oxygen atoms in total. The fourth-order valence-corrected chi connectivity index (χ4v) is 2.90. The van der Waals surface area contributed by atoms with Crippen LogP contribution in [0, 0.1) is 13.8 Å². The smallest absolute Gasteiger partial charge is 0.336 e. The van der Waals surface area contributed by atoms with Gasteiger partial charge in [0.15, 0.2) is 0 Å². The lowest BCUT2D eigenvalue weighted by Gasteiger charge is -2.10. The van der Waals surface area contributed by atoms with E-state index >= 15 is 0 Å². The molecule has 0 radical (unpaired) electrons. The minimum atomic E-state index is -0.964. The molecular formula is C23H19ClO3. The average molecular weight is 379 g/mol. The highest BCUT2D eigenvalue weighted by molar-refractivity contribution is 6.32. The third-order valence-electron chi connectivity index (χ3n) is 4.15. The molecule has 4 heteroatoms. The lowest BCUT2D eigenvalue weighted by Crippen LogP contribution is -1.99. The largest absolute Gasteiger partial charge is 0.478 e. The number of hydrogen-bond donors (Lipinski definition) is 1. The number of carboxylic acid groups (broad SMARTS) is 1. The standard InChI is InChI=1S/C23H19ClO3/c1-15-12-20(13-16(2)22(15)24)27-19-10-8-17(9-11-19)14-21(23(25)26)18-6-4-3-5-7-18/h3-14H,1-2H3,(H,25,26)/b21-14+. The van der Waals surface area contributed by atoms with Crippen LogP contribution in [0.15, 0.2) is 66.7 Å². The second-order valence-corrected chi connectivity index (χ2v) is 6.65. The van der Waals surface area contributed by atoms with Crippen molar-refractivity contribution in [3.8, 4) is 11.5 Å². The molecule has 0 aliphatic rings. The van der Waals surface area contributed by atoms with Crippen LogP contribution in [0.2, 0.25) is 5.02 Å². The molecule has 0 saturated carbocycles. The zero-order valence-electron chi connectivity index (χ0n) is 15.1. The van der Waals surface area contributed by atoms with Gasteiger partial charge in [-0.2, -0.15) is 0 Å². The first kappa shape index (κ1) is 18.7. The lowest BCUT2D eigenvalue weighted by molar-refractivity contribution is -0.130. The van der Waals surface area contributed by atoms with Gasteiger partial charge in [-0.05, 0) is 66.4 Å². The van der Waals surface area contributed by atoms with Crippen LogP contribution in [-0.4, -0.2) is 11.1 Å². The Bertz CT molecular complexity index is 967. The zero-order chi connectivity index (χ0) is 19.4. The molecule has 1 N–H and O–H groups in total. The van der Waals surface area contributed by atoms with E-state index in [1.165, 1.54) is 0 Å². The van der Waals surface area contributed by atoms with E-state index in [1.807, 2.05) is 68.4 Å². The summed E-state index contributed by atoms with van der Waals surface area (Å²) in [5.74, 6) is 0.423. The van der Waals surface area contributed by atoms with Gasteiger partial charge in [0.2, 0.25) is 0 Å². The van der Waals surface area contributed by atoms with Crippen molar-refractivity contribution in [2.75, 3.05) is 0 Å². The van der Waals surface area contributed by atoms with Crippen molar-refractivity contribution in [3.05, 3.63) is 94.0 Å². The summed E-state index contributed by atoms with van der Waals surface area (Å²) in [5.41, 5.74) is 3.61. The summed E-state index contributed by atoms with van der Waals surface area (Å²) < 4.78 is 5.89. The SMILES string of the molecule is Cc1cc(Oc2ccc(/C=C(/C(=O)O)c3ccccc3)cc2)cc(C)c1Cl. The first-order valence-electron chi connectivity index (χ1n) is 8.49. The molecule has 0 amide bonds. The summed E-state index contributed by atoms with van der Waals surface area (Å²) >= 11 is 6.19. The third-order valence-corrected chi connectivity index (χ3v) is 4.75. The summed E-state index contributed by atoms with van der Waals surface area (Å²) in [6, 6.07) is 20.1. The Balaban J connectivity index is 1.83. The number of rotatable bonds is 5. The van der Waals surface area contributed by atoms with Crippen molar-refractivity contribution in [1.82, 2.24) is 0 Å². The van der Waals surface area contributed by atoms with E-state index in [2.05, 4.69) is 0 Å². The van der Waals surface area contributed by atoms with Gasteiger partial charge in [-0.15, -0.1) is 0 Å². The van der Waals surface area contributed by atoms with Crippen LogP contribution in [0.3, 0.4) is 0 Å². The fraction of sp³-hybridized carbons (Fsp3) is 0.0870. The summed E-state index contributed by atoms with van der Waals surface area (Å²) in [4.78, 5) is 11.6. The van der Waals surface area contributed by atoms with Crippen LogP contribution < -0.4 is 4.74 Å². The van der Waals surface area contributed by atoms with Gasteiger partial charge < -0.3 is 9.84 Å². The Morgan fingerprint density at radius 3 is 2.07 bits per heavy atom. The van der Waals surface area contributed by atoms with Gasteiger partial charge in [-0.25, -0.2) is 4.79 Å². The first-order valence-corrected chi connectivity index (χ1v) is 8.87. The maximum absolute atomic E-state index is 11.6. The predicted molar refractivity (Wildman–Crippen MR) is 109 cm³/mol. The lowest BCUT2D eigenvalue weighted by atomic mass is 10.0. The van der Waals surface area contributed by atoms with Crippen molar-refractivity contribution in [2.45, 2.75) is 13.8 Å². The molecule has 0 atom stereocenters. The Kier molecular flexibility index (Phi) is 5.63. The molecule has 0 unspecified atom stereocenters. The molecule has 0 aliphatic heterocycles. The first-order chi connectivity index (χ1) is 12.9. The second kappa shape index (κ2) is 8.11. The summed E-state index contributed by atoms with van der Waals surface area (Å²) in [6.07, 6.45) is 1.65. The van der Waals surface area contributed by atoms with E-state index in [4.69, 9.17) is 16.3 Å². The van der Waals surface area contributed by atoms with E-state index in [9.17, 15) is 9.90 Å². The van der Waals surface area contributed by atoms with Gasteiger partial charge in [0.25, 0.3) is 0 Å². The van der Waals surface area contributed by atoms with E-state index in [0.29, 0.717) is 17.1 Å². The van der Waals surface area contributed by atoms with Gasteiger partial charge in [-0.3, -0.25) is 0 Å². The molecule has 136 valence electrons. The summed E-state index contributed by atoms with van der Waals surface area (Å²) in [5, 5.41) is 10.2. The van der Waals surface area contributed by atoms with Crippen molar-refractivity contribution < 1.29 is 14.6 Å². The minimum absolute atomic E-state index is 0.244. The summed E-state index contributed by atoms with van der Waals surface area (Å²) in [6.45, 7) is 3.88. The molecule has 0 bridgehead atoms. The number of carbonyl (C=O) groups is 1. The van der Waals surface area contributed by atoms with Crippen LogP contribution in [0.5, 0.6) is 11.5 Å². The van der Waals surface area contributed by atoms with E-state index in [-0.39, 0.29) is 5.57 Å². The minimum Gasteiger partial charge on any atom is -0.478 e. The number of benzene rings is 3. The average Bonchev–Trinajstić information content (AvgIpc) is 2.66. The van der Waals surface area contributed by atoms with Crippen molar-refractivity contribution in [2.24, 2.45) is 0 Å². The van der Waals surface area contributed by atoms with E-state index in [0.717, 1.165) is 21.7 Å². The monoisotopic (exact) mass is 378 g/mol. The van der Waals surface area contributed by atoms with Gasteiger partial charge in [0, 0.05) is 5.02 Å². The second-order valence-electron chi connectivity index (χ2n) is 6.27. The molecule has 27 heavy (non-hydrogen) atoms. The number of aryl methyl sites for hydroxylation is 2. The normalized spacial score (nSPS) is 11.3. The van der Waals surface area contributed by atoms with Gasteiger partial charge in [0.1, 0.15) is 11.5 Å². The number of aliphatic carboxylic acids is 1. The van der Waals surface area contributed by atoms with E-state index in [1.54, 1.807) is 18.2 Å². The summed E-state index contributed by atoms with van der Waals surface area (Å²) in [7, 11) is 0. The van der Waals surface area contributed by atoms with Gasteiger partial charge in [-0.1, -0.05) is 54.1 Å². The van der Waals surface area contributed by atoms with Crippen molar-refractivity contribution in [3.63, 3.8) is 0 Å². The topological polar surface area (TPSA) is 46.5 Å². The van der Waals surface area contributed by atoms with Crippen molar-refractivity contribution in [1.29, 1.82) is 0 Å². The zero-order valence-corrected chi connectivity index (χ0v) is 15.8. The third kappa shape index (κ3) is 4.57. The number of hydrogen-bond acceptors (Lipinski definition) is 2.